The molecule has 2 rings (SSSR count). The first-order valence-electron chi connectivity index (χ1n) is 3.97. The molecule has 14 heavy (non-hydrogen) atoms. The fourth-order valence-corrected chi connectivity index (χ4v) is 1.26. The minimum atomic E-state index is 0.262. The first kappa shape index (κ1) is 9.04. The van der Waals surface area contributed by atoms with Crippen LogP contribution in [0, 0.1) is 0 Å². The van der Waals surface area contributed by atoms with E-state index in [1.165, 1.54) is 0 Å². The van der Waals surface area contributed by atoms with Gasteiger partial charge >= 0.3 is 0 Å². The third kappa shape index (κ3) is 1.70. The molecular weight excluding hydrogens is 202 g/mol. The maximum Gasteiger partial charge on any atom is 0.231 e. The van der Waals surface area contributed by atoms with E-state index in [9.17, 15) is 0 Å². The van der Waals surface area contributed by atoms with Gasteiger partial charge in [-0.25, -0.2) is 5.84 Å². The van der Waals surface area contributed by atoms with Gasteiger partial charge in [0.25, 0.3) is 0 Å². The highest BCUT2D eigenvalue weighted by atomic mass is 32.1. The number of ether oxygens (including phenoxy) is 2. The largest absolute Gasteiger partial charge is 0.454 e. The number of hydrogen-bond donors (Lipinski definition) is 3. The molecule has 0 unspecified atom stereocenters. The topological polar surface area (TPSA) is 68.5 Å². The van der Waals surface area contributed by atoms with Crippen molar-refractivity contribution < 1.29 is 9.47 Å². The van der Waals surface area contributed by atoms with Crippen LogP contribution in [-0.4, -0.2) is 11.9 Å². The summed E-state index contributed by atoms with van der Waals surface area (Å²) in [5.74, 6) is 6.56. The second-order valence-electron chi connectivity index (χ2n) is 2.67. The number of nitrogens with one attached hydrogen (secondary N) is 2. The van der Waals surface area contributed by atoms with Crippen LogP contribution < -0.4 is 26.1 Å². The Hall–Kier alpha value is -1.53. The molecule has 4 N–H and O–H groups in total. The van der Waals surface area contributed by atoms with E-state index in [1.807, 2.05) is 12.1 Å². The van der Waals surface area contributed by atoms with Crippen molar-refractivity contribution in [3.05, 3.63) is 18.2 Å². The van der Waals surface area contributed by atoms with Gasteiger partial charge < -0.3 is 20.2 Å². The quantitative estimate of drug-likeness (QED) is 0.358. The van der Waals surface area contributed by atoms with Crippen LogP contribution in [0.25, 0.3) is 0 Å². The summed E-state index contributed by atoms with van der Waals surface area (Å²) < 4.78 is 10.4. The normalized spacial score (nSPS) is 12.4. The van der Waals surface area contributed by atoms with Crippen LogP contribution in [0.5, 0.6) is 11.5 Å². The maximum atomic E-state index is 5.20. The Morgan fingerprint density at radius 3 is 2.93 bits per heavy atom. The molecule has 0 aromatic heterocycles. The zero-order valence-electron chi connectivity index (χ0n) is 7.24. The van der Waals surface area contributed by atoms with Crippen LogP contribution in [0.2, 0.25) is 0 Å². The molecule has 1 heterocycles. The number of thiocarbonyl (C=S) groups is 1. The Morgan fingerprint density at radius 1 is 1.36 bits per heavy atom. The second-order valence-corrected chi connectivity index (χ2v) is 3.07. The van der Waals surface area contributed by atoms with E-state index in [-0.39, 0.29) is 6.79 Å². The molecule has 0 fully saturated rings. The smallest absolute Gasteiger partial charge is 0.231 e. The molecule has 5 nitrogen and oxygen atoms in total. The SMILES string of the molecule is NNC(=S)Nc1ccc2c(c1)OCO2. The highest BCUT2D eigenvalue weighted by molar-refractivity contribution is 7.80. The summed E-state index contributed by atoms with van der Waals surface area (Å²) in [4.78, 5) is 0. The molecule has 0 saturated carbocycles. The lowest BCUT2D eigenvalue weighted by Crippen LogP contribution is -2.34. The predicted molar refractivity (Wildman–Crippen MR) is 56.1 cm³/mol. The van der Waals surface area contributed by atoms with Crippen molar-refractivity contribution in [3.8, 4) is 11.5 Å². The van der Waals surface area contributed by atoms with Gasteiger partial charge in [0.2, 0.25) is 6.79 Å². The van der Waals surface area contributed by atoms with Crippen molar-refractivity contribution in [3.63, 3.8) is 0 Å². The van der Waals surface area contributed by atoms with Crippen LogP contribution in [0.15, 0.2) is 18.2 Å². The van der Waals surface area contributed by atoms with Gasteiger partial charge in [0.15, 0.2) is 16.6 Å². The third-order valence-electron chi connectivity index (χ3n) is 1.76. The molecule has 0 radical (unpaired) electrons. The van der Waals surface area contributed by atoms with Crippen LogP contribution in [0.4, 0.5) is 5.69 Å². The van der Waals surface area contributed by atoms with Crippen LogP contribution in [0.1, 0.15) is 0 Å². The lowest BCUT2D eigenvalue weighted by Gasteiger charge is -2.06. The first-order valence-corrected chi connectivity index (χ1v) is 4.37. The van der Waals surface area contributed by atoms with Crippen molar-refractivity contribution in [2.45, 2.75) is 0 Å². The number of hydrogen-bond acceptors (Lipinski definition) is 4. The molecule has 0 aliphatic carbocycles. The lowest BCUT2D eigenvalue weighted by atomic mass is 10.3. The molecule has 0 atom stereocenters. The van der Waals surface area contributed by atoms with Gasteiger partial charge in [-0.05, 0) is 24.4 Å². The molecule has 1 aromatic rings. The Morgan fingerprint density at radius 2 is 2.14 bits per heavy atom. The first-order chi connectivity index (χ1) is 6.79. The van der Waals surface area contributed by atoms with Crippen molar-refractivity contribution in [2.75, 3.05) is 12.1 Å². The maximum absolute atomic E-state index is 5.20. The summed E-state index contributed by atoms with van der Waals surface area (Å²) in [6.07, 6.45) is 0. The van der Waals surface area contributed by atoms with Crippen molar-refractivity contribution in [1.29, 1.82) is 0 Å². The molecule has 1 aliphatic heterocycles. The van der Waals surface area contributed by atoms with Gasteiger partial charge in [0, 0.05) is 11.8 Å². The fourth-order valence-electron chi connectivity index (χ4n) is 1.14. The van der Waals surface area contributed by atoms with Gasteiger partial charge in [0.05, 0.1) is 0 Å². The zero-order chi connectivity index (χ0) is 9.97. The number of anilines is 1. The molecule has 0 spiro atoms. The Kier molecular flexibility index (Phi) is 2.38. The van der Waals surface area contributed by atoms with E-state index in [0.29, 0.717) is 10.9 Å². The molecule has 1 aromatic carbocycles. The highest BCUT2D eigenvalue weighted by Crippen LogP contribution is 2.34. The molecule has 1 aliphatic rings. The van der Waals surface area contributed by atoms with Crippen LogP contribution in [0.3, 0.4) is 0 Å². The van der Waals surface area contributed by atoms with Crippen molar-refractivity contribution in [2.24, 2.45) is 5.84 Å². The number of fused-ring (bicyclic) bond motifs is 1. The molecule has 0 saturated heterocycles. The molecule has 74 valence electrons. The van der Waals surface area contributed by atoms with Gasteiger partial charge in [0.1, 0.15) is 0 Å². The van der Waals surface area contributed by atoms with Crippen LogP contribution >= 0.6 is 12.2 Å². The van der Waals surface area contributed by atoms with E-state index in [1.54, 1.807) is 6.07 Å². The van der Waals surface area contributed by atoms with E-state index < -0.39 is 0 Å². The van der Waals surface area contributed by atoms with E-state index in [2.05, 4.69) is 10.7 Å². The number of benzene rings is 1. The monoisotopic (exact) mass is 211 g/mol. The minimum Gasteiger partial charge on any atom is -0.454 e. The fraction of sp³-hybridized carbons (Fsp3) is 0.125. The summed E-state index contributed by atoms with van der Waals surface area (Å²) in [5, 5.41) is 3.23. The third-order valence-corrected chi connectivity index (χ3v) is 1.98. The molecule has 6 heteroatoms. The Balaban J connectivity index is 2.16. The number of nitrogens with two attached hydrogens (primary N) is 1. The Bertz CT molecular complexity index is 370. The zero-order valence-corrected chi connectivity index (χ0v) is 8.06. The predicted octanol–water partition coefficient (Wildman–Crippen LogP) is 0.575. The number of hydrazine groups is 1. The molecule has 0 bridgehead atoms. The standard InChI is InChI=1S/C8H9N3O2S/c9-11-8(14)10-5-1-2-6-7(3-5)13-4-12-6/h1-3H,4,9H2,(H2,10,11,14). The van der Waals surface area contributed by atoms with Gasteiger partial charge in [-0.3, -0.25) is 0 Å². The summed E-state index contributed by atoms with van der Waals surface area (Å²) in [7, 11) is 0. The van der Waals surface area contributed by atoms with E-state index in [4.69, 9.17) is 27.5 Å². The minimum absolute atomic E-state index is 0.262. The van der Waals surface area contributed by atoms with E-state index >= 15 is 0 Å². The summed E-state index contributed by atoms with van der Waals surface area (Å²) in [5.41, 5.74) is 3.13. The highest BCUT2D eigenvalue weighted by Gasteiger charge is 2.13. The molecule has 0 amide bonds. The average Bonchev–Trinajstić information content (AvgIpc) is 2.64. The summed E-state index contributed by atoms with van der Waals surface area (Å²) in [6.45, 7) is 0.262. The molecular formula is C8H9N3O2S. The van der Waals surface area contributed by atoms with Gasteiger partial charge in [-0.15, -0.1) is 0 Å². The van der Waals surface area contributed by atoms with E-state index in [0.717, 1.165) is 11.4 Å². The average molecular weight is 211 g/mol. The second kappa shape index (κ2) is 3.69. The van der Waals surface area contributed by atoms with Crippen molar-refractivity contribution in [1.82, 2.24) is 5.43 Å². The van der Waals surface area contributed by atoms with Gasteiger partial charge in [-0.2, -0.15) is 0 Å². The van der Waals surface area contributed by atoms with Gasteiger partial charge in [-0.1, -0.05) is 0 Å². The Labute approximate surface area is 86.2 Å². The summed E-state index contributed by atoms with van der Waals surface area (Å²) in [6, 6.07) is 5.44. The van der Waals surface area contributed by atoms with Crippen LogP contribution in [-0.2, 0) is 0 Å². The lowest BCUT2D eigenvalue weighted by molar-refractivity contribution is 0.174. The van der Waals surface area contributed by atoms with Crippen molar-refractivity contribution >= 4 is 23.0 Å². The summed E-state index contributed by atoms with van der Waals surface area (Å²) >= 11 is 4.85. The number of rotatable bonds is 1.